The first-order valence-corrected chi connectivity index (χ1v) is 11.7. The molecule has 1 heterocycles. The highest BCUT2D eigenvalue weighted by Gasteiger charge is 2.18. The molecule has 0 saturated heterocycles. The maximum Gasteiger partial charge on any atom is 0.277 e. The van der Waals surface area contributed by atoms with E-state index in [4.69, 9.17) is 32.4 Å². The lowest BCUT2D eigenvalue weighted by atomic mass is 10.1. The Bertz CT molecular complexity index is 1050. The number of carbonyl (C=O) groups excluding carboxylic acids is 1. The standard InChI is InChI=1S/C20H18Cl2IN3O3S/c1-10-6-14(23)7-11(2)18(10)24-17(27)9-30-20-26-25-19(29-20)12(3)28-16-5-4-13(21)8-15(16)22/h4-8,12H,9H2,1-3H3,(H,24,27)/t12-/m0/s1. The number of hydrogen-bond donors (Lipinski definition) is 1. The molecule has 0 aliphatic carbocycles. The summed E-state index contributed by atoms with van der Waals surface area (Å²) < 4.78 is 12.5. The molecule has 2 aromatic carbocycles. The van der Waals surface area contributed by atoms with Gasteiger partial charge in [-0.05, 0) is 84.8 Å². The number of nitrogens with one attached hydrogen (secondary N) is 1. The van der Waals surface area contributed by atoms with Crippen LogP contribution < -0.4 is 10.1 Å². The van der Waals surface area contributed by atoms with Crippen molar-refractivity contribution in [2.24, 2.45) is 0 Å². The van der Waals surface area contributed by atoms with Crippen LogP contribution in [0.25, 0.3) is 0 Å². The van der Waals surface area contributed by atoms with Crippen molar-refractivity contribution in [3.63, 3.8) is 0 Å². The molecule has 0 radical (unpaired) electrons. The summed E-state index contributed by atoms with van der Waals surface area (Å²) in [6.07, 6.45) is -0.517. The minimum absolute atomic E-state index is 0.144. The minimum atomic E-state index is -0.517. The summed E-state index contributed by atoms with van der Waals surface area (Å²) in [5.41, 5.74) is 2.86. The molecule has 1 aromatic heterocycles. The topological polar surface area (TPSA) is 77.2 Å². The Morgan fingerprint density at radius 2 is 1.93 bits per heavy atom. The van der Waals surface area contributed by atoms with Gasteiger partial charge < -0.3 is 14.5 Å². The number of nitrogens with zero attached hydrogens (tertiary/aromatic N) is 2. The molecule has 0 spiro atoms. The van der Waals surface area contributed by atoms with E-state index in [1.54, 1.807) is 25.1 Å². The van der Waals surface area contributed by atoms with Crippen molar-refractivity contribution in [2.45, 2.75) is 32.1 Å². The van der Waals surface area contributed by atoms with E-state index in [0.29, 0.717) is 15.8 Å². The SMILES string of the molecule is Cc1cc(I)cc(C)c1NC(=O)CSc1nnc([C@H](C)Oc2ccc(Cl)cc2Cl)o1. The number of ether oxygens (including phenoxy) is 1. The van der Waals surface area contributed by atoms with Crippen LogP contribution in [0.4, 0.5) is 5.69 Å². The molecule has 1 atom stereocenters. The predicted octanol–water partition coefficient (Wildman–Crippen LogP) is 6.47. The van der Waals surface area contributed by atoms with E-state index in [2.05, 4.69) is 38.1 Å². The summed E-state index contributed by atoms with van der Waals surface area (Å²) >= 11 is 15.4. The second-order valence-electron chi connectivity index (χ2n) is 6.49. The maximum atomic E-state index is 12.3. The molecule has 10 heteroatoms. The van der Waals surface area contributed by atoms with E-state index in [1.165, 1.54) is 0 Å². The smallest absolute Gasteiger partial charge is 0.277 e. The molecular formula is C20H18Cl2IN3O3S. The number of thioether (sulfide) groups is 1. The van der Waals surface area contributed by atoms with E-state index < -0.39 is 6.10 Å². The monoisotopic (exact) mass is 577 g/mol. The summed E-state index contributed by atoms with van der Waals surface area (Å²) in [6, 6.07) is 8.99. The highest BCUT2D eigenvalue weighted by Crippen LogP contribution is 2.31. The fourth-order valence-corrected chi connectivity index (χ4v) is 4.62. The van der Waals surface area contributed by atoms with Gasteiger partial charge in [0.2, 0.25) is 5.91 Å². The van der Waals surface area contributed by atoms with Crippen molar-refractivity contribution in [1.82, 2.24) is 10.2 Å². The van der Waals surface area contributed by atoms with Crippen LogP contribution >= 0.6 is 57.6 Å². The fraction of sp³-hybridized carbons (Fsp3) is 0.250. The molecule has 0 saturated carbocycles. The lowest BCUT2D eigenvalue weighted by molar-refractivity contribution is -0.113. The van der Waals surface area contributed by atoms with Crippen LogP contribution in [0, 0.1) is 17.4 Å². The molecule has 30 heavy (non-hydrogen) atoms. The van der Waals surface area contributed by atoms with Crippen LogP contribution in [0.2, 0.25) is 10.0 Å². The number of anilines is 1. The Balaban J connectivity index is 1.57. The molecular weight excluding hydrogens is 560 g/mol. The minimum Gasteiger partial charge on any atom is -0.479 e. The molecule has 1 N–H and O–H groups in total. The van der Waals surface area contributed by atoms with Gasteiger partial charge in [-0.1, -0.05) is 35.0 Å². The number of aryl methyl sites for hydroxylation is 2. The summed E-state index contributed by atoms with van der Waals surface area (Å²) in [4.78, 5) is 12.3. The number of amides is 1. The Kier molecular flexibility index (Phi) is 7.89. The van der Waals surface area contributed by atoms with Crippen LogP contribution in [0.3, 0.4) is 0 Å². The van der Waals surface area contributed by atoms with Gasteiger partial charge in [-0.15, -0.1) is 10.2 Å². The average molecular weight is 578 g/mol. The van der Waals surface area contributed by atoms with E-state index in [0.717, 1.165) is 32.1 Å². The zero-order valence-electron chi connectivity index (χ0n) is 16.3. The third kappa shape index (κ3) is 6.03. The third-order valence-corrected chi connectivity index (χ3v) is 6.03. The van der Waals surface area contributed by atoms with Crippen molar-refractivity contribution in [1.29, 1.82) is 0 Å². The molecule has 6 nitrogen and oxygen atoms in total. The quantitative estimate of drug-likeness (QED) is 0.256. The van der Waals surface area contributed by atoms with E-state index in [1.807, 2.05) is 26.0 Å². The predicted molar refractivity (Wildman–Crippen MR) is 128 cm³/mol. The van der Waals surface area contributed by atoms with Crippen molar-refractivity contribution in [3.8, 4) is 5.75 Å². The molecule has 0 unspecified atom stereocenters. The van der Waals surface area contributed by atoms with Crippen molar-refractivity contribution < 1.29 is 13.9 Å². The van der Waals surface area contributed by atoms with Crippen LogP contribution in [-0.4, -0.2) is 21.9 Å². The largest absolute Gasteiger partial charge is 0.479 e. The van der Waals surface area contributed by atoms with Crippen LogP contribution in [0.1, 0.15) is 30.0 Å². The lowest BCUT2D eigenvalue weighted by Gasteiger charge is -2.12. The van der Waals surface area contributed by atoms with Gasteiger partial charge in [0.25, 0.3) is 11.1 Å². The summed E-state index contributed by atoms with van der Waals surface area (Å²) in [5.74, 6) is 0.742. The lowest BCUT2D eigenvalue weighted by Crippen LogP contribution is -2.16. The number of aromatic nitrogens is 2. The zero-order chi connectivity index (χ0) is 21.8. The van der Waals surface area contributed by atoms with Crippen molar-refractivity contribution in [2.75, 3.05) is 11.1 Å². The van der Waals surface area contributed by atoms with Gasteiger partial charge in [-0.25, -0.2) is 0 Å². The van der Waals surface area contributed by atoms with Gasteiger partial charge in [0, 0.05) is 14.3 Å². The van der Waals surface area contributed by atoms with Gasteiger partial charge in [0.1, 0.15) is 5.75 Å². The number of hydrogen-bond acceptors (Lipinski definition) is 6. The number of carbonyl (C=O) groups is 1. The fourth-order valence-electron chi connectivity index (χ4n) is 2.67. The molecule has 0 aliphatic rings. The number of halogens is 3. The number of benzene rings is 2. The molecule has 3 aromatic rings. The van der Waals surface area contributed by atoms with Crippen LogP contribution in [0.15, 0.2) is 40.0 Å². The van der Waals surface area contributed by atoms with Gasteiger partial charge >= 0.3 is 0 Å². The van der Waals surface area contributed by atoms with Gasteiger partial charge in [-0.2, -0.15) is 0 Å². The Labute approximate surface area is 202 Å². The van der Waals surface area contributed by atoms with E-state index >= 15 is 0 Å². The van der Waals surface area contributed by atoms with E-state index in [-0.39, 0.29) is 22.8 Å². The Morgan fingerprint density at radius 3 is 2.60 bits per heavy atom. The third-order valence-electron chi connectivity index (χ3n) is 4.06. The molecule has 158 valence electrons. The zero-order valence-corrected chi connectivity index (χ0v) is 20.8. The van der Waals surface area contributed by atoms with Gasteiger partial charge in [0.15, 0.2) is 6.10 Å². The second-order valence-corrected chi connectivity index (χ2v) is 9.51. The number of rotatable bonds is 7. The first-order valence-electron chi connectivity index (χ1n) is 8.87. The molecule has 3 rings (SSSR count). The average Bonchev–Trinajstić information content (AvgIpc) is 3.14. The maximum absolute atomic E-state index is 12.3. The van der Waals surface area contributed by atoms with E-state index in [9.17, 15) is 4.79 Å². The van der Waals surface area contributed by atoms with Gasteiger partial charge in [-0.3, -0.25) is 4.79 Å². The first kappa shape index (κ1) is 23.2. The highest BCUT2D eigenvalue weighted by atomic mass is 127. The van der Waals surface area contributed by atoms with Crippen molar-refractivity contribution >= 4 is 69.1 Å². The normalized spacial score (nSPS) is 11.9. The van der Waals surface area contributed by atoms with Crippen LogP contribution in [-0.2, 0) is 4.79 Å². The molecule has 1 amide bonds. The Morgan fingerprint density at radius 1 is 1.23 bits per heavy atom. The molecule has 0 aliphatic heterocycles. The summed E-state index contributed by atoms with van der Waals surface area (Å²) in [5, 5.41) is 12.1. The van der Waals surface area contributed by atoms with Gasteiger partial charge in [0.05, 0.1) is 10.8 Å². The summed E-state index contributed by atoms with van der Waals surface area (Å²) in [7, 11) is 0. The summed E-state index contributed by atoms with van der Waals surface area (Å²) in [6.45, 7) is 5.70. The highest BCUT2D eigenvalue weighted by molar-refractivity contribution is 14.1. The second kappa shape index (κ2) is 10.2. The first-order chi connectivity index (χ1) is 14.2. The molecule has 0 fully saturated rings. The molecule has 0 bridgehead atoms. The van der Waals surface area contributed by atoms with Crippen LogP contribution in [0.5, 0.6) is 5.75 Å². The Hall–Kier alpha value is -1.49. The van der Waals surface area contributed by atoms with Crippen molar-refractivity contribution in [3.05, 3.63) is 61.0 Å².